The molecule has 0 aromatic heterocycles. The summed E-state index contributed by atoms with van der Waals surface area (Å²) in [6.07, 6.45) is 0.819. The zero-order valence-corrected chi connectivity index (χ0v) is 9.64. The van der Waals surface area contributed by atoms with Crippen molar-refractivity contribution in [3.8, 4) is 11.5 Å². The van der Waals surface area contributed by atoms with Crippen molar-refractivity contribution in [1.29, 1.82) is 0 Å². The number of rotatable bonds is 5. The van der Waals surface area contributed by atoms with Crippen LogP contribution in [0.25, 0.3) is 0 Å². The van der Waals surface area contributed by atoms with E-state index in [2.05, 4.69) is 5.32 Å². The Morgan fingerprint density at radius 2 is 2.00 bits per heavy atom. The molecule has 2 atom stereocenters. The molecule has 0 saturated heterocycles. The highest BCUT2D eigenvalue weighted by Crippen LogP contribution is 2.27. The predicted octanol–water partition coefficient (Wildman–Crippen LogP) is 1.52. The van der Waals surface area contributed by atoms with Gasteiger partial charge in [0.05, 0.1) is 6.61 Å². The van der Waals surface area contributed by atoms with Gasteiger partial charge in [-0.3, -0.25) is 0 Å². The van der Waals surface area contributed by atoms with Crippen molar-refractivity contribution in [3.05, 3.63) is 23.8 Å². The van der Waals surface area contributed by atoms with E-state index in [-0.39, 0.29) is 30.2 Å². The summed E-state index contributed by atoms with van der Waals surface area (Å²) in [5.74, 6) is 0.107. The summed E-state index contributed by atoms with van der Waals surface area (Å²) in [4.78, 5) is 0. The van der Waals surface area contributed by atoms with E-state index >= 15 is 0 Å². The Labute approximate surface area is 95.6 Å². The third kappa shape index (κ3) is 3.12. The van der Waals surface area contributed by atoms with Gasteiger partial charge in [0, 0.05) is 23.7 Å². The number of nitrogens with one attached hydrogen (secondary N) is 1. The lowest BCUT2D eigenvalue weighted by atomic mass is 10.1. The minimum atomic E-state index is -0.0716. The molecule has 0 radical (unpaired) electrons. The minimum absolute atomic E-state index is 0.0169. The van der Waals surface area contributed by atoms with Crippen LogP contribution in [0.5, 0.6) is 11.5 Å². The molecule has 1 unspecified atom stereocenters. The Morgan fingerprint density at radius 1 is 1.31 bits per heavy atom. The van der Waals surface area contributed by atoms with Crippen molar-refractivity contribution in [2.24, 2.45) is 0 Å². The van der Waals surface area contributed by atoms with Crippen molar-refractivity contribution in [1.82, 2.24) is 5.32 Å². The standard InChI is InChI=1S/C12H19NO3/c1-3-9(7-14)13-8(2)11-5-4-10(15)6-12(11)16/h4-6,8-9,13-16H,3,7H2,1-2H3/t8?,9-/m1/s1. The molecule has 90 valence electrons. The van der Waals surface area contributed by atoms with Crippen LogP contribution in [0.1, 0.15) is 31.9 Å². The van der Waals surface area contributed by atoms with Crippen LogP contribution in [0.15, 0.2) is 18.2 Å². The number of hydrogen-bond acceptors (Lipinski definition) is 4. The average molecular weight is 225 g/mol. The first-order valence-corrected chi connectivity index (χ1v) is 5.47. The van der Waals surface area contributed by atoms with Gasteiger partial charge in [-0.15, -0.1) is 0 Å². The normalized spacial score (nSPS) is 14.7. The maximum atomic E-state index is 9.66. The molecule has 0 fully saturated rings. The van der Waals surface area contributed by atoms with Crippen LogP contribution >= 0.6 is 0 Å². The topological polar surface area (TPSA) is 72.7 Å². The average Bonchev–Trinajstić information content (AvgIpc) is 2.25. The Hall–Kier alpha value is -1.26. The van der Waals surface area contributed by atoms with Crippen molar-refractivity contribution < 1.29 is 15.3 Å². The van der Waals surface area contributed by atoms with E-state index in [1.165, 1.54) is 12.1 Å². The summed E-state index contributed by atoms with van der Waals surface area (Å²) >= 11 is 0. The maximum Gasteiger partial charge on any atom is 0.124 e. The van der Waals surface area contributed by atoms with E-state index in [9.17, 15) is 10.2 Å². The molecule has 0 aliphatic heterocycles. The van der Waals surface area contributed by atoms with Crippen LogP contribution < -0.4 is 5.32 Å². The quantitative estimate of drug-likeness (QED) is 0.613. The molecule has 0 aliphatic rings. The summed E-state index contributed by atoms with van der Waals surface area (Å²) in [5, 5.41) is 31.1. The summed E-state index contributed by atoms with van der Waals surface area (Å²) in [6.45, 7) is 3.96. The Morgan fingerprint density at radius 3 is 2.50 bits per heavy atom. The highest BCUT2D eigenvalue weighted by Gasteiger charge is 2.14. The number of aromatic hydroxyl groups is 2. The highest BCUT2D eigenvalue weighted by molar-refractivity contribution is 5.40. The van der Waals surface area contributed by atoms with Gasteiger partial charge in [-0.1, -0.05) is 13.0 Å². The zero-order chi connectivity index (χ0) is 12.1. The second-order valence-corrected chi connectivity index (χ2v) is 3.92. The molecule has 0 saturated carbocycles. The second-order valence-electron chi connectivity index (χ2n) is 3.92. The second kappa shape index (κ2) is 5.72. The van der Waals surface area contributed by atoms with Gasteiger partial charge in [-0.05, 0) is 19.4 Å². The number of phenols is 2. The number of phenolic OH excluding ortho intramolecular Hbond substituents is 2. The van der Waals surface area contributed by atoms with Gasteiger partial charge in [0.1, 0.15) is 11.5 Å². The van der Waals surface area contributed by atoms with Crippen molar-refractivity contribution >= 4 is 0 Å². The molecule has 0 heterocycles. The van der Waals surface area contributed by atoms with Crippen LogP contribution in [0.3, 0.4) is 0 Å². The molecule has 1 aromatic rings. The van der Waals surface area contributed by atoms with Crippen molar-refractivity contribution in [2.75, 3.05) is 6.61 Å². The molecule has 4 N–H and O–H groups in total. The SMILES string of the molecule is CC[C@H](CO)NC(C)c1ccc(O)cc1O. The van der Waals surface area contributed by atoms with Gasteiger partial charge in [-0.2, -0.15) is 0 Å². The van der Waals surface area contributed by atoms with Gasteiger partial charge >= 0.3 is 0 Å². The maximum absolute atomic E-state index is 9.66. The van der Waals surface area contributed by atoms with Gasteiger partial charge < -0.3 is 20.6 Å². The predicted molar refractivity (Wildman–Crippen MR) is 62.5 cm³/mol. The molecule has 4 nitrogen and oxygen atoms in total. The van der Waals surface area contributed by atoms with E-state index in [1.54, 1.807) is 6.07 Å². The Bertz CT molecular complexity index is 337. The first kappa shape index (κ1) is 12.8. The Balaban J connectivity index is 2.76. The molecule has 0 aliphatic carbocycles. The number of hydrogen-bond donors (Lipinski definition) is 4. The van der Waals surface area contributed by atoms with Gasteiger partial charge in [0.2, 0.25) is 0 Å². The van der Waals surface area contributed by atoms with Crippen molar-refractivity contribution in [2.45, 2.75) is 32.4 Å². The fourth-order valence-corrected chi connectivity index (χ4v) is 1.64. The summed E-state index contributed by atoms with van der Waals surface area (Å²) in [5.41, 5.74) is 0.713. The molecule has 0 spiro atoms. The monoisotopic (exact) mass is 225 g/mol. The molecule has 0 amide bonds. The summed E-state index contributed by atoms with van der Waals surface area (Å²) < 4.78 is 0. The smallest absolute Gasteiger partial charge is 0.124 e. The van der Waals surface area contributed by atoms with Crippen LogP contribution in [-0.4, -0.2) is 28.0 Å². The van der Waals surface area contributed by atoms with Crippen molar-refractivity contribution in [3.63, 3.8) is 0 Å². The lowest BCUT2D eigenvalue weighted by molar-refractivity contribution is 0.229. The van der Waals surface area contributed by atoms with E-state index < -0.39 is 0 Å². The Kier molecular flexibility index (Phi) is 4.58. The zero-order valence-electron chi connectivity index (χ0n) is 9.64. The van der Waals surface area contributed by atoms with Gasteiger partial charge in [-0.25, -0.2) is 0 Å². The molecule has 1 rings (SSSR count). The van der Waals surface area contributed by atoms with E-state index in [0.717, 1.165) is 6.42 Å². The highest BCUT2D eigenvalue weighted by atomic mass is 16.3. The number of aliphatic hydroxyl groups is 1. The third-order valence-corrected chi connectivity index (χ3v) is 2.68. The van der Waals surface area contributed by atoms with Crippen LogP contribution in [0.2, 0.25) is 0 Å². The van der Waals surface area contributed by atoms with Gasteiger partial charge in [0.15, 0.2) is 0 Å². The molecule has 0 bridgehead atoms. The molecular weight excluding hydrogens is 206 g/mol. The van der Waals surface area contributed by atoms with Gasteiger partial charge in [0.25, 0.3) is 0 Å². The fourth-order valence-electron chi connectivity index (χ4n) is 1.64. The lowest BCUT2D eigenvalue weighted by Gasteiger charge is -2.21. The first-order valence-electron chi connectivity index (χ1n) is 5.47. The molecule has 16 heavy (non-hydrogen) atoms. The molecular formula is C12H19NO3. The fraction of sp³-hybridized carbons (Fsp3) is 0.500. The largest absolute Gasteiger partial charge is 0.508 e. The number of aliphatic hydroxyl groups excluding tert-OH is 1. The minimum Gasteiger partial charge on any atom is -0.508 e. The van der Waals surface area contributed by atoms with E-state index in [1.807, 2.05) is 13.8 Å². The lowest BCUT2D eigenvalue weighted by Crippen LogP contribution is -2.33. The van der Waals surface area contributed by atoms with E-state index in [0.29, 0.717) is 5.56 Å². The van der Waals surface area contributed by atoms with E-state index in [4.69, 9.17) is 5.11 Å². The van der Waals surface area contributed by atoms with Crippen LogP contribution in [0, 0.1) is 0 Å². The molecule has 4 heteroatoms. The third-order valence-electron chi connectivity index (χ3n) is 2.68. The molecule has 1 aromatic carbocycles. The van der Waals surface area contributed by atoms with Crippen LogP contribution in [0.4, 0.5) is 0 Å². The number of benzene rings is 1. The summed E-state index contributed by atoms with van der Waals surface area (Å²) in [7, 11) is 0. The first-order chi connectivity index (χ1) is 7.58. The van der Waals surface area contributed by atoms with Crippen LogP contribution in [-0.2, 0) is 0 Å². The summed E-state index contributed by atoms with van der Waals surface area (Å²) in [6, 6.07) is 4.47.